The predicted molar refractivity (Wildman–Crippen MR) is 138 cm³/mol. The zero-order chi connectivity index (χ0) is 26.0. The highest BCUT2D eigenvalue weighted by molar-refractivity contribution is 5.94. The lowest BCUT2D eigenvalue weighted by Crippen LogP contribution is -2.60. The van der Waals surface area contributed by atoms with E-state index in [2.05, 4.69) is 27.2 Å². The molecule has 8 heteroatoms. The van der Waals surface area contributed by atoms with Crippen molar-refractivity contribution >= 4 is 17.3 Å². The fourth-order valence-corrected chi connectivity index (χ4v) is 5.43. The Kier molecular flexibility index (Phi) is 7.11. The van der Waals surface area contributed by atoms with Crippen LogP contribution in [0.1, 0.15) is 16.7 Å². The first-order valence-corrected chi connectivity index (χ1v) is 12.5. The van der Waals surface area contributed by atoms with Gasteiger partial charge in [0.2, 0.25) is 5.91 Å². The van der Waals surface area contributed by atoms with Crippen LogP contribution < -0.4 is 15.0 Å². The number of benzene rings is 3. The van der Waals surface area contributed by atoms with Crippen LogP contribution in [0.2, 0.25) is 0 Å². The minimum absolute atomic E-state index is 0.139. The molecule has 5 rings (SSSR count). The molecule has 2 aliphatic rings. The molecule has 0 unspecified atom stereocenters. The third-order valence-corrected chi connectivity index (χ3v) is 7.36. The number of anilines is 2. The van der Waals surface area contributed by atoms with Gasteiger partial charge in [-0.2, -0.15) is 13.2 Å². The van der Waals surface area contributed by atoms with Gasteiger partial charge in [0.1, 0.15) is 5.75 Å². The number of hydrogen-bond acceptors (Lipinski definition) is 4. The topological polar surface area (TPSA) is 44.8 Å². The maximum Gasteiger partial charge on any atom is 0.416 e. The van der Waals surface area contributed by atoms with Crippen molar-refractivity contribution in [2.24, 2.45) is 5.92 Å². The summed E-state index contributed by atoms with van der Waals surface area (Å²) in [5.74, 6) is -0.0778. The standard InChI is InChI=1S/C29H30F3N3O2/c1-37-24-9-5-8-23(18-24)33-28(36)25-17-21-16-22(29(30,31)32)10-11-26(21)35-15-14-34(19-27(25)35)13-12-20-6-3-2-4-7-20/h2-11,16,18,25,27H,12-15,17,19H2,1H3,(H,33,36)/t25-,27+/m0/s1. The number of ether oxygens (including phenoxy) is 1. The van der Waals surface area contributed by atoms with Crippen LogP contribution >= 0.6 is 0 Å². The van der Waals surface area contributed by atoms with Gasteiger partial charge in [-0.05, 0) is 54.3 Å². The third-order valence-electron chi connectivity index (χ3n) is 7.36. The van der Waals surface area contributed by atoms with Crippen molar-refractivity contribution in [3.8, 4) is 5.75 Å². The van der Waals surface area contributed by atoms with Gasteiger partial charge in [-0.25, -0.2) is 0 Å². The molecule has 0 spiro atoms. The number of piperazine rings is 1. The van der Waals surface area contributed by atoms with Crippen molar-refractivity contribution in [1.82, 2.24) is 4.90 Å². The van der Waals surface area contributed by atoms with Gasteiger partial charge in [-0.1, -0.05) is 36.4 Å². The van der Waals surface area contributed by atoms with E-state index in [9.17, 15) is 18.0 Å². The smallest absolute Gasteiger partial charge is 0.416 e. The lowest BCUT2D eigenvalue weighted by molar-refractivity contribution is -0.137. The highest BCUT2D eigenvalue weighted by Gasteiger charge is 2.42. The van der Waals surface area contributed by atoms with Gasteiger partial charge in [-0.3, -0.25) is 9.69 Å². The lowest BCUT2D eigenvalue weighted by atomic mass is 9.82. The highest BCUT2D eigenvalue weighted by atomic mass is 19.4. The van der Waals surface area contributed by atoms with Gasteiger partial charge in [0.25, 0.3) is 0 Å². The Balaban J connectivity index is 1.40. The van der Waals surface area contributed by atoms with Crippen molar-refractivity contribution in [2.75, 3.05) is 43.5 Å². The summed E-state index contributed by atoms with van der Waals surface area (Å²) >= 11 is 0. The Bertz CT molecular complexity index is 1250. The van der Waals surface area contributed by atoms with Crippen molar-refractivity contribution in [1.29, 1.82) is 0 Å². The van der Waals surface area contributed by atoms with Crippen LogP contribution in [0, 0.1) is 5.92 Å². The summed E-state index contributed by atoms with van der Waals surface area (Å²) in [6, 6.07) is 21.2. The Morgan fingerprint density at radius 2 is 1.84 bits per heavy atom. The van der Waals surface area contributed by atoms with Crippen LogP contribution in [-0.2, 0) is 23.8 Å². The number of fused-ring (bicyclic) bond motifs is 3. The molecule has 0 aromatic heterocycles. The third kappa shape index (κ3) is 5.59. The van der Waals surface area contributed by atoms with Crippen molar-refractivity contribution < 1.29 is 22.7 Å². The molecule has 1 amide bonds. The Morgan fingerprint density at radius 3 is 2.59 bits per heavy atom. The predicted octanol–water partition coefficient (Wildman–Crippen LogP) is 5.26. The number of nitrogens with one attached hydrogen (secondary N) is 1. The van der Waals surface area contributed by atoms with E-state index in [0.717, 1.165) is 31.3 Å². The van der Waals surface area contributed by atoms with E-state index in [4.69, 9.17) is 4.74 Å². The molecule has 2 heterocycles. The highest BCUT2D eigenvalue weighted by Crippen LogP contribution is 2.40. The minimum Gasteiger partial charge on any atom is -0.497 e. The number of methoxy groups -OCH3 is 1. The second kappa shape index (κ2) is 10.5. The summed E-state index contributed by atoms with van der Waals surface area (Å²) in [5.41, 5.74) is 2.53. The molecule has 37 heavy (non-hydrogen) atoms. The molecule has 0 radical (unpaired) electrons. The lowest BCUT2D eigenvalue weighted by Gasteiger charge is -2.49. The van der Waals surface area contributed by atoms with Crippen molar-refractivity contribution in [2.45, 2.75) is 25.1 Å². The molecule has 0 bridgehead atoms. The molecule has 2 atom stereocenters. The largest absolute Gasteiger partial charge is 0.497 e. The maximum absolute atomic E-state index is 13.6. The monoisotopic (exact) mass is 509 g/mol. The van der Waals surface area contributed by atoms with Gasteiger partial charge in [0.05, 0.1) is 24.6 Å². The Hall–Kier alpha value is -3.52. The first-order chi connectivity index (χ1) is 17.8. The molecule has 3 aromatic rings. The molecule has 2 aliphatic heterocycles. The van der Waals surface area contributed by atoms with Crippen LogP contribution in [0.4, 0.5) is 24.5 Å². The van der Waals surface area contributed by atoms with Crippen LogP contribution in [0.25, 0.3) is 0 Å². The second-order valence-electron chi connectivity index (χ2n) is 9.67. The number of amides is 1. The van der Waals surface area contributed by atoms with Crippen LogP contribution in [0.5, 0.6) is 5.75 Å². The van der Waals surface area contributed by atoms with Gasteiger partial charge < -0.3 is 15.0 Å². The maximum atomic E-state index is 13.6. The average Bonchev–Trinajstić information content (AvgIpc) is 2.91. The van der Waals surface area contributed by atoms with E-state index in [0.29, 0.717) is 30.1 Å². The number of carbonyl (C=O) groups excluding carboxylic acids is 1. The molecular formula is C29H30F3N3O2. The average molecular weight is 510 g/mol. The van der Waals surface area contributed by atoms with E-state index in [1.807, 2.05) is 18.2 Å². The molecule has 3 aromatic carbocycles. The van der Waals surface area contributed by atoms with Crippen molar-refractivity contribution in [3.05, 3.63) is 89.5 Å². The molecule has 194 valence electrons. The summed E-state index contributed by atoms with van der Waals surface area (Å²) in [6.45, 7) is 2.97. The normalized spacial score (nSPS) is 19.6. The van der Waals surface area contributed by atoms with Gasteiger partial charge in [0, 0.05) is 43.6 Å². The molecule has 1 N–H and O–H groups in total. The number of hydrogen-bond donors (Lipinski definition) is 1. The van der Waals surface area contributed by atoms with Crippen molar-refractivity contribution in [3.63, 3.8) is 0 Å². The number of carbonyl (C=O) groups is 1. The minimum atomic E-state index is -4.43. The number of rotatable bonds is 6. The first-order valence-electron chi connectivity index (χ1n) is 12.5. The second-order valence-corrected chi connectivity index (χ2v) is 9.67. The Labute approximate surface area is 214 Å². The molecule has 5 nitrogen and oxygen atoms in total. The van der Waals surface area contributed by atoms with Crippen LogP contribution in [-0.4, -0.2) is 50.1 Å². The van der Waals surface area contributed by atoms with E-state index in [1.54, 1.807) is 37.4 Å². The van der Waals surface area contributed by atoms with E-state index >= 15 is 0 Å². The number of halogens is 3. The fourth-order valence-electron chi connectivity index (χ4n) is 5.43. The zero-order valence-corrected chi connectivity index (χ0v) is 20.7. The first kappa shape index (κ1) is 25.1. The molecular weight excluding hydrogens is 479 g/mol. The SMILES string of the molecule is COc1cccc(NC(=O)[C@H]2Cc3cc(C(F)(F)F)ccc3N3CCN(CCc4ccccc4)C[C@H]23)c1. The van der Waals surface area contributed by atoms with E-state index in [-0.39, 0.29) is 18.4 Å². The fraction of sp³-hybridized carbons (Fsp3) is 0.345. The van der Waals surface area contributed by atoms with Gasteiger partial charge >= 0.3 is 6.18 Å². The summed E-state index contributed by atoms with van der Waals surface area (Å²) in [4.78, 5) is 18.1. The number of nitrogens with zero attached hydrogens (tertiary/aromatic N) is 2. The quantitative estimate of drug-likeness (QED) is 0.493. The summed E-state index contributed by atoms with van der Waals surface area (Å²) in [6.07, 6.45) is -3.27. The number of alkyl halides is 3. The molecule has 0 saturated carbocycles. The Morgan fingerprint density at radius 1 is 1.03 bits per heavy atom. The molecule has 1 fully saturated rings. The van der Waals surface area contributed by atoms with E-state index < -0.39 is 17.7 Å². The van der Waals surface area contributed by atoms with Crippen LogP contribution in [0.3, 0.4) is 0 Å². The molecule has 1 saturated heterocycles. The van der Waals surface area contributed by atoms with Gasteiger partial charge in [-0.15, -0.1) is 0 Å². The zero-order valence-electron chi connectivity index (χ0n) is 20.7. The van der Waals surface area contributed by atoms with Gasteiger partial charge in [0.15, 0.2) is 0 Å². The van der Waals surface area contributed by atoms with Crippen LogP contribution in [0.15, 0.2) is 72.8 Å². The summed E-state index contributed by atoms with van der Waals surface area (Å²) in [5, 5.41) is 2.98. The molecule has 0 aliphatic carbocycles. The summed E-state index contributed by atoms with van der Waals surface area (Å²) in [7, 11) is 1.56. The van der Waals surface area contributed by atoms with E-state index in [1.165, 1.54) is 11.6 Å². The summed E-state index contributed by atoms with van der Waals surface area (Å²) < 4.78 is 45.7.